The number of hydrogen-bond acceptors (Lipinski definition) is 4. The Kier molecular flexibility index (Phi) is 4.07. The lowest BCUT2D eigenvalue weighted by atomic mass is 10.1. The number of rotatable bonds is 5. The number of carboxylic acids is 1. The molecule has 0 atom stereocenters. The average molecular weight is 305 g/mol. The van der Waals surface area contributed by atoms with Gasteiger partial charge in [0.1, 0.15) is 5.76 Å². The van der Waals surface area contributed by atoms with Gasteiger partial charge in [0.25, 0.3) is 5.91 Å². The van der Waals surface area contributed by atoms with Gasteiger partial charge in [-0.05, 0) is 32.4 Å². The highest BCUT2D eigenvalue weighted by Gasteiger charge is 2.30. The van der Waals surface area contributed by atoms with Gasteiger partial charge in [-0.2, -0.15) is 5.10 Å². The molecule has 0 aliphatic heterocycles. The summed E-state index contributed by atoms with van der Waals surface area (Å²) in [6.45, 7) is 6.88. The van der Waals surface area contributed by atoms with Crippen LogP contribution in [-0.4, -0.2) is 26.8 Å². The molecule has 0 radical (unpaired) electrons. The summed E-state index contributed by atoms with van der Waals surface area (Å²) in [4.78, 5) is 23.3. The Balaban J connectivity index is 2.16. The van der Waals surface area contributed by atoms with Crippen LogP contribution in [0.5, 0.6) is 0 Å². The van der Waals surface area contributed by atoms with E-state index in [1.807, 2.05) is 13.8 Å². The van der Waals surface area contributed by atoms with Crippen LogP contribution in [-0.2, 0) is 16.8 Å². The van der Waals surface area contributed by atoms with E-state index in [1.165, 1.54) is 30.9 Å². The Hall–Kier alpha value is -2.57. The molecule has 0 bridgehead atoms. The van der Waals surface area contributed by atoms with Crippen molar-refractivity contribution in [2.45, 2.75) is 39.7 Å². The number of carbonyl (C=O) groups excluding carboxylic acids is 1. The molecule has 118 valence electrons. The van der Waals surface area contributed by atoms with Crippen molar-refractivity contribution in [3.05, 3.63) is 35.5 Å². The highest BCUT2D eigenvalue weighted by Crippen LogP contribution is 2.19. The first-order valence-electron chi connectivity index (χ1n) is 6.95. The van der Waals surface area contributed by atoms with Crippen LogP contribution in [0.1, 0.15) is 42.6 Å². The summed E-state index contributed by atoms with van der Waals surface area (Å²) in [5.74, 6) is -0.411. The number of carboxylic acid groups (broad SMARTS) is 1. The van der Waals surface area contributed by atoms with E-state index in [9.17, 15) is 9.59 Å². The first-order chi connectivity index (χ1) is 10.3. The van der Waals surface area contributed by atoms with Crippen molar-refractivity contribution in [3.8, 4) is 0 Å². The molecular weight excluding hydrogens is 286 g/mol. The molecule has 0 aliphatic carbocycles. The van der Waals surface area contributed by atoms with E-state index in [0.29, 0.717) is 12.1 Å². The van der Waals surface area contributed by atoms with E-state index in [2.05, 4.69) is 10.4 Å². The largest absolute Gasteiger partial charge is 0.479 e. The fraction of sp³-hybridized carbons (Fsp3) is 0.400. The van der Waals surface area contributed by atoms with E-state index >= 15 is 0 Å². The number of carbonyl (C=O) groups is 2. The Morgan fingerprint density at radius 3 is 2.68 bits per heavy atom. The van der Waals surface area contributed by atoms with Gasteiger partial charge in [0.2, 0.25) is 0 Å². The molecule has 0 fully saturated rings. The van der Waals surface area contributed by atoms with Crippen LogP contribution in [0.4, 0.5) is 5.69 Å². The number of aromatic nitrogens is 2. The first kappa shape index (κ1) is 15.8. The summed E-state index contributed by atoms with van der Waals surface area (Å²) in [6, 6.07) is 1.68. The van der Waals surface area contributed by atoms with Gasteiger partial charge in [0.15, 0.2) is 11.3 Å². The number of anilines is 1. The lowest BCUT2D eigenvalue weighted by molar-refractivity contribution is -0.146. The molecule has 0 aromatic carbocycles. The monoisotopic (exact) mass is 305 g/mol. The molecule has 7 nitrogen and oxygen atoms in total. The van der Waals surface area contributed by atoms with Gasteiger partial charge < -0.3 is 14.8 Å². The van der Waals surface area contributed by atoms with Gasteiger partial charge in [-0.3, -0.25) is 9.48 Å². The summed E-state index contributed by atoms with van der Waals surface area (Å²) in [5.41, 5.74) is 0.140. The molecule has 0 saturated carbocycles. The average Bonchev–Trinajstić information content (AvgIpc) is 3.05. The number of aryl methyl sites for hydroxylation is 2. The second kappa shape index (κ2) is 5.67. The van der Waals surface area contributed by atoms with Crippen molar-refractivity contribution in [1.82, 2.24) is 9.78 Å². The Bertz CT molecular complexity index is 712. The van der Waals surface area contributed by atoms with E-state index in [-0.39, 0.29) is 5.76 Å². The molecule has 2 rings (SSSR count). The highest BCUT2D eigenvalue weighted by molar-refractivity contribution is 6.02. The number of nitrogens with one attached hydrogen (secondary N) is 1. The van der Waals surface area contributed by atoms with Crippen LogP contribution in [0.3, 0.4) is 0 Å². The smallest absolute Gasteiger partial charge is 0.331 e. The summed E-state index contributed by atoms with van der Waals surface area (Å²) in [5, 5.41) is 15.8. The minimum absolute atomic E-state index is 0.222. The maximum Gasteiger partial charge on any atom is 0.331 e. The molecule has 1 amide bonds. The lowest BCUT2D eigenvalue weighted by Gasteiger charge is -2.19. The van der Waals surface area contributed by atoms with Gasteiger partial charge >= 0.3 is 5.97 Å². The van der Waals surface area contributed by atoms with Crippen LogP contribution >= 0.6 is 0 Å². The topological polar surface area (TPSA) is 97.4 Å². The molecule has 0 spiro atoms. The van der Waals surface area contributed by atoms with Crippen molar-refractivity contribution in [2.75, 3.05) is 5.32 Å². The van der Waals surface area contributed by atoms with E-state index in [1.54, 1.807) is 6.07 Å². The van der Waals surface area contributed by atoms with Crippen molar-refractivity contribution in [2.24, 2.45) is 0 Å². The molecule has 0 aliphatic rings. The van der Waals surface area contributed by atoms with Crippen LogP contribution in [0.2, 0.25) is 0 Å². The van der Waals surface area contributed by atoms with Crippen LogP contribution in [0.25, 0.3) is 0 Å². The SMILES string of the molecule is CCc1oc(C(=O)Nc2cnn(C(C)(C)C(=O)O)c2)cc1C. The first-order valence-corrected chi connectivity index (χ1v) is 6.95. The fourth-order valence-electron chi connectivity index (χ4n) is 1.97. The van der Waals surface area contributed by atoms with Gasteiger partial charge in [-0.25, -0.2) is 4.79 Å². The third kappa shape index (κ3) is 2.88. The van der Waals surface area contributed by atoms with Crippen molar-refractivity contribution >= 4 is 17.6 Å². The normalized spacial score (nSPS) is 11.5. The maximum atomic E-state index is 12.1. The number of nitrogens with zero attached hydrogens (tertiary/aromatic N) is 2. The fourth-order valence-corrected chi connectivity index (χ4v) is 1.97. The number of amides is 1. The third-order valence-electron chi connectivity index (χ3n) is 3.50. The summed E-state index contributed by atoms with van der Waals surface area (Å²) in [6.07, 6.45) is 3.59. The van der Waals surface area contributed by atoms with E-state index < -0.39 is 17.4 Å². The minimum Gasteiger partial charge on any atom is -0.479 e. The van der Waals surface area contributed by atoms with Gasteiger partial charge in [-0.1, -0.05) is 6.92 Å². The van der Waals surface area contributed by atoms with Crippen LogP contribution < -0.4 is 5.32 Å². The number of furan rings is 1. The Morgan fingerprint density at radius 2 is 2.14 bits per heavy atom. The Labute approximate surface area is 127 Å². The Morgan fingerprint density at radius 1 is 1.45 bits per heavy atom. The lowest BCUT2D eigenvalue weighted by Crippen LogP contribution is -2.35. The molecule has 2 aromatic rings. The molecular formula is C15H19N3O4. The molecule has 22 heavy (non-hydrogen) atoms. The molecule has 2 aromatic heterocycles. The third-order valence-corrected chi connectivity index (χ3v) is 3.50. The predicted octanol–water partition coefficient (Wildman–Crippen LogP) is 2.42. The quantitative estimate of drug-likeness (QED) is 0.884. The van der Waals surface area contributed by atoms with Gasteiger partial charge in [0, 0.05) is 12.6 Å². The summed E-state index contributed by atoms with van der Waals surface area (Å²) in [7, 11) is 0. The zero-order valence-corrected chi connectivity index (χ0v) is 13.0. The van der Waals surface area contributed by atoms with Crippen LogP contribution in [0.15, 0.2) is 22.9 Å². The van der Waals surface area contributed by atoms with Gasteiger partial charge in [0.05, 0.1) is 11.9 Å². The molecule has 0 saturated heterocycles. The van der Waals surface area contributed by atoms with Gasteiger partial charge in [-0.15, -0.1) is 0 Å². The number of hydrogen-bond donors (Lipinski definition) is 2. The highest BCUT2D eigenvalue weighted by atomic mass is 16.4. The molecule has 0 unspecified atom stereocenters. The minimum atomic E-state index is -1.19. The zero-order valence-electron chi connectivity index (χ0n) is 13.0. The van der Waals surface area contributed by atoms with Crippen LogP contribution in [0, 0.1) is 6.92 Å². The maximum absolute atomic E-state index is 12.1. The second-order valence-corrected chi connectivity index (χ2v) is 5.56. The summed E-state index contributed by atoms with van der Waals surface area (Å²) >= 11 is 0. The standard InChI is InChI=1S/C15H19N3O4/c1-5-11-9(2)6-12(22-11)13(19)17-10-7-16-18(8-10)15(3,4)14(20)21/h6-8H,5H2,1-4H3,(H,17,19)(H,20,21). The van der Waals surface area contributed by atoms with Crippen molar-refractivity contribution < 1.29 is 19.1 Å². The summed E-state index contributed by atoms with van der Waals surface area (Å²) < 4.78 is 6.76. The molecule has 2 N–H and O–H groups in total. The van der Waals surface area contributed by atoms with E-state index in [4.69, 9.17) is 9.52 Å². The zero-order chi connectivity index (χ0) is 16.5. The number of aliphatic carboxylic acids is 1. The van der Waals surface area contributed by atoms with E-state index in [0.717, 1.165) is 11.3 Å². The molecule has 7 heteroatoms. The van der Waals surface area contributed by atoms with Crippen molar-refractivity contribution in [1.29, 1.82) is 0 Å². The predicted molar refractivity (Wildman–Crippen MR) is 80.0 cm³/mol. The second-order valence-electron chi connectivity index (χ2n) is 5.56. The van der Waals surface area contributed by atoms with Crippen molar-refractivity contribution in [3.63, 3.8) is 0 Å². The molecule has 2 heterocycles.